The van der Waals surface area contributed by atoms with Crippen LogP contribution in [0.25, 0.3) is 0 Å². The third-order valence-corrected chi connectivity index (χ3v) is 7.18. The van der Waals surface area contributed by atoms with E-state index in [0.717, 1.165) is 56.8 Å². The number of halogens is 3. The number of amides is 1. The van der Waals surface area contributed by atoms with Crippen molar-refractivity contribution in [1.82, 2.24) is 19.7 Å². The molecule has 2 heterocycles. The minimum absolute atomic E-state index is 0.0134. The summed E-state index contributed by atoms with van der Waals surface area (Å²) in [5.41, 5.74) is 6.56. The number of alkyl halides is 3. The van der Waals surface area contributed by atoms with Crippen LogP contribution in [0.15, 0.2) is 49.1 Å². The van der Waals surface area contributed by atoms with Crippen LogP contribution in [0, 0.1) is 5.92 Å². The molecular weight excluding hydrogens is 493 g/mol. The van der Waals surface area contributed by atoms with Crippen LogP contribution < -0.4 is 11.1 Å². The maximum Gasteiger partial charge on any atom is 0.418 e. The highest BCUT2D eigenvalue weighted by Gasteiger charge is 2.35. The largest absolute Gasteiger partial charge is 0.418 e. The van der Waals surface area contributed by atoms with Gasteiger partial charge in [0.05, 0.1) is 16.9 Å². The summed E-state index contributed by atoms with van der Waals surface area (Å²) < 4.78 is 42.8. The first-order valence-corrected chi connectivity index (χ1v) is 13.0. The second-order valence-electron chi connectivity index (χ2n) is 10.4. The third kappa shape index (κ3) is 7.12. The molecule has 0 bridgehead atoms. The fourth-order valence-electron chi connectivity index (χ4n) is 5.07. The Hall–Kier alpha value is -3.40. The summed E-state index contributed by atoms with van der Waals surface area (Å²) >= 11 is 0. The Bertz CT molecular complexity index is 1220. The molecule has 2 aromatic carbocycles. The summed E-state index contributed by atoms with van der Waals surface area (Å²) in [4.78, 5) is 15.1. The van der Waals surface area contributed by atoms with Gasteiger partial charge in [-0.25, -0.2) is 0 Å². The van der Waals surface area contributed by atoms with Gasteiger partial charge in [0.1, 0.15) is 12.7 Å². The summed E-state index contributed by atoms with van der Waals surface area (Å²) in [6, 6.07) is 10.0. The number of nitrogens with zero attached hydrogens (tertiary/aromatic N) is 4. The lowest BCUT2D eigenvalue weighted by molar-refractivity contribution is -0.136. The van der Waals surface area contributed by atoms with E-state index in [1.54, 1.807) is 29.4 Å². The van der Waals surface area contributed by atoms with Crippen LogP contribution in [0.3, 0.4) is 0 Å². The Kier molecular flexibility index (Phi) is 8.71. The van der Waals surface area contributed by atoms with E-state index in [1.807, 2.05) is 25.2 Å². The van der Waals surface area contributed by atoms with Gasteiger partial charge in [-0.2, -0.15) is 13.2 Å². The lowest BCUT2D eigenvalue weighted by Crippen LogP contribution is -2.29. The Morgan fingerprint density at radius 3 is 2.34 bits per heavy atom. The summed E-state index contributed by atoms with van der Waals surface area (Å²) in [6.07, 6.45) is 4.09. The number of aryl methyl sites for hydroxylation is 1. The van der Waals surface area contributed by atoms with Crippen LogP contribution in [-0.4, -0.2) is 38.7 Å². The Balaban J connectivity index is 0.000000494. The van der Waals surface area contributed by atoms with Crippen molar-refractivity contribution in [3.63, 3.8) is 0 Å². The van der Waals surface area contributed by atoms with Gasteiger partial charge in [0.15, 0.2) is 0 Å². The van der Waals surface area contributed by atoms with E-state index >= 15 is 0 Å². The zero-order chi connectivity index (χ0) is 27.3. The van der Waals surface area contributed by atoms with Crippen LogP contribution in [0.1, 0.15) is 72.0 Å². The van der Waals surface area contributed by atoms with Crippen LogP contribution in [0.5, 0.6) is 0 Å². The number of rotatable bonds is 5. The molecule has 10 heteroatoms. The molecule has 1 saturated carbocycles. The molecule has 2 fully saturated rings. The Morgan fingerprint density at radius 2 is 1.76 bits per heavy atom. The van der Waals surface area contributed by atoms with Crippen molar-refractivity contribution in [2.45, 2.75) is 57.7 Å². The normalized spacial score (nSPS) is 19.7. The molecule has 3 N–H and O–H groups in total. The van der Waals surface area contributed by atoms with E-state index in [9.17, 15) is 18.0 Å². The van der Waals surface area contributed by atoms with Crippen LogP contribution in [-0.2, 0) is 19.8 Å². The third-order valence-electron chi connectivity index (χ3n) is 7.18. The first-order chi connectivity index (χ1) is 18.1. The number of piperidine rings is 1. The van der Waals surface area contributed by atoms with Gasteiger partial charge in [-0.05, 0) is 86.0 Å². The fourth-order valence-corrected chi connectivity index (χ4v) is 5.07. The summed E-state index contributed by atoms with van der Waals surface area (Å²) in [5, 5.41) is 9.71. The number of likely N-dealkylation sites (tertiary alicyclic amines) is 1. The maximum atomic E-state index is 13.7. The molecule has 2 aliphatic rings. The standard InChI is InChI=1S/C25H30F3N3O.C3H5N3/c1-16-10-20(11-16)18-6-5-7-19(14-18)24(32)30-22-13-17(15-31-8-3-2-4-9-31)12-21(23(22)29)25(26,27)28;1-6-2-4-5-3-6/h5-7,12-14,16,20H,2-4,8-11,15,29H2,1H3,(H,30,32);2-3H,1H3. The summed E-state index contributed by atoms with van der Waals surface area (Å²) in [6.45, 7) is 4.33. The average Bonchev–Trinajstić information content (AvgIpc) is 3.35. The van der Waals surface area contributed by atoms with E-state index in [-0.39, 0.29) is 5.69 Å². The number of hydrogen-bond donors (Lipinski definition) is 2. The highest BCUT2D eigenvalue weighted by molar-refractivity contribution is 6.06. The van der Waals surface area contributed by atoms with Crippen molar-refractivity contribution in [2.75, 3.05) is 24.1 Å². The Labute approximate surface area is 221 Å². The minimum Gasteiger partial charge on any atom is -0.397 e. The van der Waals surface area contributed by atoms with E-state index in [2.05, 4.69) is 27.3 Å². The number of aromatic nitrogens is 3. The molecule has 5 rings (SSSR count). The van der Waals surface area contributed by atoms with E-state index < -0.39 is 23.3 Å². The summed E-state index contributed by atoms with van der Waals surface area (Å²) in [5.74, 6) is 0.669. The molecule has 1 aromatic heterocycles. The fraction of sp³-hybridized carbons (Fsp3) is 0.464. The van der Waals surface area contributed by atoms with Gasteiger partial charge in [-0.3, -0.25) is 9.69 Å². The van der Waals surface area contributed by atoms with Crippen molar-refractivity contribution in [3.05, 3.63) is 71.3 Å². The van der Waals surface area contributed by atoms with Gasteiger partial charge in [0, 0.05) is 19.2 Å². The molecule has 7 nitrogen and oxygen atoms in total. The highest BCUT2D eigenvalue weighted by Crippen LogP contribution is 2.41. The molecule has 0 unspecified atom stereocenters. The second-order valence-corrected chi connectivity index (χ2v) is 10.4. The van der Waals surface area contributed by atoms with Gasteiger partial charge in [-0.1, -0.05) is 25.5 Å². The van der Waals surface area contributed by atoms with Crippen molar-refractivity contribution < 1.29 is 18.0 Å². The molecule has 0 radical (unpaired) electrons. The smallest absolute Gasteiger partial charge is 0.397 e. The van der Waals surface area contributed by atoms with Crippen molar-refractivity contribution >= 4 is 17.3 Å². The van der Waals surface area contributed by atoms with Crippen LogP contribution in [0.2, 0.25) is 0 Å². The van der Waals surface area contributed by atoms with Crippen LogP contribution in [0.4, 0.5) is 24.5 Å². The first-order valence-electron chi connectivity index (χ1n) is 13.0. The average molecular weight is 529 g/mol. The van der Waals surface area contributed by atoms with Gasteiger partial charge >= 0.3 is 6.18 Å². The quantitative estimate of drug-likeness (QED) is 0.405. The zero-order valence-corrected chi connectivity index (χ0v) is 21.8. The number of nitrogens with two attached hydrogens (primary N) is 1. The number of carbonyl (C=O) groups excluding carboxylic acids is 1. The van der Waals surface area contributed by atoms with Crippen molar-refractivity contribution in [2.24, 2.45) is 13.0 Å². The predicted octanol–water partition coefficient (Wildman–Crippen LogP) is 5.85. The molecule has 1 amide bonds. The topological polar surface area (TPSA) is 89.1 Å². The molecule has 38 heavy (non-hydrogen) atoms. The SMILES string of the molecule is CC1CC(c2cccc(C(=O)Nc3cc(CN4CCCCC4)cc(C(F)(F)F)c3N)c2)C1.Cn1cnnc1. The molecule has 1 aliphatic carbocycles. The highest BCUT2D eigenvalue weighted by atomic mass is 19.4. The van der Waals surface area contributed by atoms with E-state index in [0.29, 0.717) is 29.5 Å². The van der Waals surface area contributed by atoms with E-state index in [1.165, 1.54) is 0 Å². The lowest BCUT2D eigenvalue weighted by Gasteiger charge is -2.33. The number of nitrogen functional groups attached to an aromatic ring is 1. The van der Waals surface area contributed by atoms with Gasteiger partial charge in [0.2, 0.25) is 0 Å². The zero-order valence-electron chi connectivity index (χ0n) is 21.8. The van der Waals surface area contributed by atoms with Crippen LogP contribution >= 0.6 is 0 Å². The van der Waals surface area contributed by atoms with Crippen molar-refractivity contribution in [1.29, 1.82) is 0 Å². The Morgan fingerprint density at radius 1 is 1.08 bits per heavy atom. The molecule has 0 atom stereocenters. The van der Waals surface area contributed by atoms with Crippen molar-refractivity contribution in [3.8, 4) is 0 Å². The van der Waals surface area contributed by atoms with Gasteiger partial charge < -0.3 is 15.6 Å². The number of anilines is 2. The monoisotopic (exact) mass is 528 g/mol. The summed E-state index contributed by atoms with van der Waals surface area (Å²) in [7, 11) is 1.88. The molecular formula is C28H35F3N6O. The molecule has 0 spiro atoms. The maximum absolute atomic E-state index is 13.7. The lowest BCUT2D eigenvalue weighted by atomic mass is 9.72. The molecule has 1 saturated heterocycles. The molecule has 204 valence electrons. The second kappa shape index (κ2) is 12.0. The number of carbonyl (C=O) groups is 1. The number of benzene rings is 2. The predicted molar refractivity (Wildman–Crippen MR) is 142 cm³/mol. The van der Waals surface area contributed by atoms with Gasteiger partial charge in [-0.15, -0.1) is 10.2 Å². The molecule has 3 aromatic rings. The first kappa shape index (κ1) is 27.6. The number of nitrogens with one attached hydrogen (secondary N) is 1. The number of hydrogen-bond acceptors (Lipinski definition) is 5. The van der Waals surface area contributed by atoms with Gasteiger partial charge in [0.25, 0.3) is 5.91 Å². The minimum atomic E-state index is -4.59. The molecule has 1 aliphatic heterocycles. The van der Waals surface area contributed by atoms with E-state index in [4.69, 9.17) is 5.73 Å².